The molecule has 1 fully saturated rings. The Labute approximate surface area is 69.0 Å². The monoisotopic (exact) mass is 157 g/mol. The Hall–Kier alpha value is -0.0800. The molecule has 0 bridgehead atoms. The Balaban J connectivity index is 1.88. The van der Waals surface area contributed by atoms with Crippen LogP contribution in [0, 0.1) is 5.41 Å². The van der Waals surface area contributed by atoms with Gasteiger partial charge in [0, 0.05) is 6.54 Å². The zero-order valence-electron chi connectivity index (χ0n) is 7.56. The molecule has 1 unspecified atom stereocenters. The van der Waals surface area contributed by atoms with E-state index in [0.29, 0.717) is 5.41 Å². The molecule has 0 saturated heterocycles. The van der Waals surface area contributed by atoms with Crippen LogP contribution >= 0.6 is 0 Å². The predicted molar refractivity (Wildman–Crippen MR) is 46.5 cm³/mol. The van der Waals surface area contributed by atoms with Crippen molar-refractivity contribution in [2.45, 2.75) is 39.2 Å². The largest absolute Gasteiger partial charge is 0.393 e. The molecule has 1 saturated carbocycles. The fourth-order valence-electron chi connectivity index (χ4n) is 1.09. The Morgan fingerprint density at radius 1 is 1.55 bits per heavy atom. The highest BCUT2D eigenvalue weighted by atomic mass is 16.3. The molecule has 66 valence electrons. The molecular formula is C9H19NO. The molecule has 0 aromatic carbocycles. The van der Waals surface area contributed by atoms with Gasteiger partial charge in [-0.25, -0.2) is 0 Å². The van der Waals surface area contributed by atoms with Crippen molar-refractivity contribution in [1.82, 2.24) is 5.32 Å². The lowest BCUT2D eigenvalue weighted by Gasteiger charge is -2.10. The van der Waals surface area contributed by atoms with Crippen LogP contribution in [0.25, 0.3) is 0 Å². The van der Waals surface area contributed by atoms with Crippen LogP contribution in [0.1, 0.15) is 33.1 Å². The Bertz CT molecular complexity index is 119. The Morgan fingerprint density at radius 3 is 2.64 bits per heavy atom. The Kier molecular flexibility index (Phi) is 2.90. The van der Waals surface area contributed by atoms with Gasteiger partial charge in [-0.15, -0.1) is 0 Å². The second kappa shape index (κ2) is 3.55. The summed E-state index contributed by atoms with van der Waals surface area (Å²) in [6.07, 6.45) is 3.45. The van der Waals surface area contributed by atoms with Crippen LogP contribution in [0.4, 0.5) is 0 Å². The molecule has 11 heavy (non-hydrogen) atoms. The van der Waals surface area contributed by atoms with Crippen molar-refractivity contribution in [1.29, 1.82) is 0 Å². The van der Waals surface area contributed by atoms with Crippen molar-refractivity contribution in [2.24, 2.45) is 5.41 Å². The van der Waals surface area contributed by atoms with Crippen molar-refractivity contribution in [3.63, 3.8) is 0 Å². The quantitative estimate of drug-likeness (QED) is 0.587. The van der Waals surface area contributed by atoms with E-state index < -0.39 is 0 Å². The maximum atomic E-state index is 8.96. The van der Waals surface area contributed by atoms with Crippen LogP contribution in [-0.2, 0) is 0 Å². The molecule has 0 spiro atoms. The van der Waals surface area contributed by atoms with Gasteiger partial charge in [-0.05, 0) is 38.1 Å². The highest BCUT2D eigenvalue weighted by Crippen LogP contribution is 2.43. The summed E-state index contributed by atoms with van der Waals surface area (Å²) in [6, 6.07) is 0. The van der Waals surface area contributed by atoms with Gasteiger partial charge in [-0.3, -0.25) is 0 Å². The number of nitrogens with one attached hydrogen (secondary N) is 1. The SMILES string of the molecule is CC(O)CCNCC1(C)CC1. The molecule has 1 aliphatic rings. The maximum absolute atomic E-state index is 8.96. The Morgan fingerprint density at radius 2 is 2.18 bits per heavy atom. The molecule has 2 nitrogen and oxygen atoms in total. The third kappa shape index (κ3) is 3.73. The summed E-state index contributed by atoms with van der Waals surface area (Å²) >= 11 is 0. The summed E-state index contributed by atoms with van der Waals surface area (Å²) in [5.74, 6) is 0. The van der Waals surface area contributed by atoms with Gasteiger partial charge in [0.15, 0.2) is 0 Å². The summed E-state index contributed by atoms with van der Waals surface area (Å²) in [5, 5.41) is 12.3. The van der Waals surface area contributed by atoms with Crippen LogP contribution in [0.3, 0.4) is 0 Å². The van der Waals surface area contributed by atoms with E-state index in [0.717, 1.165) is 19.5 Å². The van der Waals surface area contributed by atoms with Crippen molar-refractivity contribution in [3.8, 4) is 0 Å². The minimum absolute atomic E-state index is 0.158. The first kappa shape index (κ1) is 9.01. The molecule has 2 heteroatoms. The molecule has 0 aliphatic heterocycles. The third-order valence-corrected chi connectivity index (χ3v) is 2.39. The molecular weight excluding hydrogens is 138 g/mol. The van der Waals surface area contributed by atoms with Gasteiger partial charge < -0.3 is 10.4 Å². The highest BCUT2D eigenvalue weighted by molar-refractivity contribution is 4.90. The summed E-state index contributed by atoms with van der Waals surface area (Å²) in [5.41, 5.74) is 0.596. The zero-order valence-corrected chi connectivity index (χ0v) is 7.56. The summed E-state index contributed by atoms with van der Waals surface area (Å²) in [6.45, 7) is 6.22. The van der Waals surface area contributed by atoms with Crippen molar-refractivity contribution in [3.05, 3.63) is 0 Å². The smallest absolute Gasteiger partial charge is 0.0524 e. The van der Waals surface area contributed by atoms with Crippen molar-refractivity contribution in [2.75, 3.05) is 13.1 Å². The molecule has 1 rings (SSSR count). The van der Waals surface area contributed by atoms with Crippen molar-refractivity contribution < 1.29 is 5.11 Å². The topological polar surface area (TPSA) is 32.3 Å². The highest BCUT2D eigenvalue weighted by Gasteiger charge is 2.36. The number of aliphatic hydroxyl groups excluding tert-OH is 1. The van der Waals surface area contributed by atoms with E-state index in [2.05, 4.69) is 12.2 Å². The van der Waals surface area contributed by atoms with Crippen molar-refractivity contribution >= 4 is 0 Å². The number of hydrogen-bond acceptors (Lipinski definition) is 2. The first-order valence-corrected chi connectivity index (χ1v) is 4.51. The lowest BCUT2D eigenvalue weighted by molar-refractivity contribution is 0.183. The van der Waals surface area contributed by atoms with Gasteiger partial charge in [0.25, 0.3) is 0 Å². The van der Waals surface area contributed by atoms with Gasteiger partial charge >= 0.3 is 0 Å². The van der Waals surface area contributed by atoms with Crippen LogP contribution in [0.2, 0.25) is 0 Å². The average Bonchev–Trinajstić information content (AvgIpc) is 2.62. The fourth-order valence-corrected chi connectivity index (χ4v) is 1.09. The summed E-state index contributed by atoms with van der Waals surface area (Å²) in [4.78, 5) is 0. The van der Waals surface area contributed by atoms with E-state index in [1.807, 2.05) is 6.92 Å². The number of rotatable bonds is 5. The van der Waals surface area contributed by atoms with Crippen LogP contribution < -0.4 is 5.32 Å². The molecule has 2 N–H and O–H groups in total. The molecule has 1 atom stereocenters. The number of hydrogen-bond donors (Lipinski definition) is 2. The van der Waals surface area contributed by atoms with E-state index in [1.165, 1.54) is 12.8 Å². The molecule has 0 aromatic heterocycles. The van der Waals surface area contributed by atoms with Gasteiger partial charge in [0.05, 0.1) is 6.10 Å². The third-order valence-electron chi connectivity index (χ3n) is 2.39. The average molecular weight is 157 g/mol. The predicted octanol–water partition coefficient (Wildman–Crippen LogP) is 1.15. The van der Waals surface area contributed by atoms with E-state index in [-0.39, 0.29) is 6.10 Å². The minimum Gasteiger partial charge on any atom is -0.393 e. The second-order valence-electron chi connectivity index (χ2n) is 4.13. The zero-order chi connectivity index (χ0) is 8.32. The van der Waals surface area contributed by atoms with E-state index in [4.69, 9.17) is 5.11 Å². The first-order valence-electron chi connectivity index (χ1n) is 4.51. The summed E-state index contributed by atoms with van der Waals surface area (Å²) < 4.78 is 0. The minimum atomic E-state index is -0.158. The molecule has 0 amide bonds. The van der Waals surface area contributed by atoms with Crippen LogP contribution in [0.5, 0.6) is 0 Å². The fraction of sp³-hybridized carbons (Fsp3) is 1.00. The molecule has 0 radical (unpaired) electrons. The van der Waals surface area contributed by atoms with E-state index in [9.17, 15) is 0 Å². The van der Waals surface area contributed by atoms with E-state index in [1.54, 1.807) is 0 Å². The van der Waals surface area contributed by atoms with Gasteiger partial charge in [0.1, 0.15) is 0 Å². The second-order valence-corrected chi connectivity index (χ2v) is 4.13. The maximum Gasteiger partial charge on any atom is 0.0524 e. The number of aliphatic hydroxyl groups is 1. The van der Waals surface area contributed by atoms with Gasteiger partial charge in [0.2, 0.25) is 0 Å². The molecule has 1 aliphatic carbocycles. The first-order chi connectivity index (χ1) is 5.12. The van der Waals surface area contributed by atoms with E-state index >= 15 is 0 Å². The lowest BCUT2D eigenvalue weighted by atomic mass is 10.1. The van der Waals surface area contributed by atoms with Gasteiger partial charge in [-0.1, -0.05) is 6.92 Å². The lowest BCUT2D eigenvalue weighted by Crippen LogP contribution is -2.25. The molecule has 0 aromatic rings. The standard InChI is InChI=1S/C9H19NO/c1-8(11)3-6-10-7-9(2)4-5-9/h8,10-11H,3-7H2,1-2H3. The van der Waals surface area contributed by atoms with Gasteiger partial charge in [-0.2, -0.15) is 0 Å². The normalized spacial score (nSPS) is 23.2. The van der Waals surface area contributed by atoms with Crippen LogP contribution in [0.15, 0.2) is 0 Å². The summed E-state index contributed by atoms with van der Waals surface area (Å²) in [7, 11) is 0. The molecule has 0 heterocycles. The van der Waals surface area contributed by atoms with Crippen LogP contribution in [-0.4, -0.2) is 24.3 Å².